The smallest absolute Gasteiger partial charge is 0.138 e. The number of fused-ring (bicyclic) bond motifs is 6. The molecule has 0 saturated heterocycles. The van der Waals surface area contributed by atoms with Gasteiger partial charge in [-0.15, -0.1) is 0 Å². The second-order valence-corrected chi connectivity index (χ2v) is 8.58. The summed E-state index contributed by atoms with van der Waals surface area (Å²) in [5.41, 5.74) is 7.21. The normalized spacial score (nSPS) is 11.8. The van der Waals surface area contributed by atoms with Crippen LogP contribution in [0.4, 0.5) is 0 Å². The van der Waals surface area contributed by atoms with Crippen molar-refractivity contribution in [2.24, 2.45) is 7.05 Å². The van der Waals surface area contributed by atoms with Crippen LogP contribution in [0.3, 0.4) is 0 Å². The number of rotatable bonds is 2. The number of hydrogen-bond donors (Lipinski definition) is 0. The highest BCUT2D eigenvalue weighted by Crippen LogP contribution is 2.34. The first kappa shape index (κ1) is 18.2. The molecule has 4 aromatic carbocycles. The van der Waals surface area contributed by atoms with Gasteiger partial charge in [0.15, 0.2) is 0 Å². The topological polar surface area (TPSA) is 22.8 Å². The van der Waals surface area contributed by atoms with Crippen LogP contribution in [-0.2, 0) is 7.05 Å². The quantitative estimate of drug-likeness (QED) is 0.282. The number of aryl methyl sites for hydroxylation is 1. The Balaban J connectivity index is 1.46. The summed E-state index contributed by atoms with van der Waals surface area (Å²) in [5.74, 6) is 0.933. The van der Waals surface area contributed by atoms with Gasteiger partial charge in [0.05, 0.1) is 11.0 Å². The minimum atomic E-state index is 0.933. The molecule has 0 radical (unpaired) electrons. The van der Waals surface area contributed by atoms with Crippen LogP contribution >= 0.6 is 0 Å². The first-order valence-corrected chi connectivity index (χ1v) is 11.2. The SMILES string of the molecule is Cn1c2ccccc2c2cc(-c3ccnc(-n4c5ccccc5c5ccccc54)c3)ccc21. The molecule has 0 fully saturated rings. The molecule has 0 aliphatic rings. The number of nitrogens with zero attached hydrogens (tertiary/aromatic N) is 3. The molecule has 156 valence electrons. The van der Waals surface area contributed by atoms with Gasteiger partial charge in [0.25, 0.3) is 0 Å². The zero-order valence-electron chi connectivity index (χ0n) is 18.2. The summed E-state index contributed by atoms with van der Waals surface area (Å²) >= 11 is 0. The van der Waals surface area contributed by atoms with E-state index in [-0.39, 0.29) is 0 Å². The van der Waals surface area contributed by atoms with Gasteiger partial charge in [0.2, 0.25) is 0 Å². The van der Waals surface area contributed by atoms with E-state index in [1.165, 1.54) is 49.2 Å². The third kappa shape index (κ3) is 2.60. The monoisotopic (exact) mass is 423 g/mol. The highest BCUT2D eigenvalue weighted by Gasteiger charge is 2.14. The average Bonchev–Trinajstić information content (AvgIpc) is 3.37. The predicted molar refractivity (Wildman–Crippen MR) is 138 cm³/mol. The highest BCUT2D eigenvalue weighted by molar-refractivity contribution is 6.10. The number of aromatic nitrogens is 3. The van der Waals surface area contributed by atoms with Crippen LogP contribution in [0.25, 0.3) is 60.6 Å². The summed E-state index contributed by atoms with van der Waals surface area (Å²) in [6, 6.07) is 36.8. The zero-order chi connectivity index (χ0) is 21.9. The van der Waals surface area contributed by atoms with E-state index in [1.807, 2.05) is 6.20 Å². The first-order chi connectivity index (χ1) is 16.3. The Labute approximate surface area is 191 Å². The van der Waals surface area contributed by atoms with Crippen LogP contribution in [-0.4, -0.2) is 14.1 Å². The van der Waals surface area contributed by atoms with E-state index in [9.17, 15) is 0 Å². The molecule has 0 N–H and O–H groups in total. The molecule has 3 heteroatoms. The van der Waals surface area contributed by atoms with Gasteiger partial charge in [0, 0.05) is 45.8 Å². The van der Waals surface area contributed by atoms with Crippen molar-refractivity contribution in [3.8, 4) is 16.9 Å². The summed E-state index contributed by atoms with van der Waals surface area (Å²) in [5, 5.41) is 5.06. The molecule has 0 aliphatic carbocycles. The molecule has 0 saturated carbocycles. The lowest BCUT2D eigenvalue weighted by Gasteiger charge is -2.09. The molecule has 33 heavy (non-hydrogen) atoms. The lowest BCUT2D eigenvalue weighted by Crippen LogP contribution is -1.97. The highest BCUT2D eigenvalue weighted by atomic mass is 15.1. The Morgan fingerprint density at radius 1 is 0.515 bits per heavy atom. The van der Waals surface area contributed by atoms with Crippen molar-refractivity contribution in [1.29, 1.82) is 0 Å². The summed E-state index contributed by atoms with van der Waals surface area (Å²) in [6.07, 6.45) is 1.92. The molecule has 3 aromatic heterocycles. The van der Waals surface area contributed by atoms with Crippen LogP contribution in [0, 0.1) is 0 Å². The van der Waals surface area contributed by atoms with Gasteiger partial charge in [-0.05, 0) is 53.6 Å². The molecular formula is C30H21N3. The summed E-state index contributed by atoms with van der Waals surface area (Å²) < 4.78 is 4.54. The van der Waals surface area contributed by atoms with E-state index >= 15 is 0 Å². The Hall–Kier alpha value is -4.37. The van der Waals surface area contributed by atoms with Crippen molar-refractivity contribution in [3.63, 3.8) is 0 Å². The average molecular weight is 424 g/mol. The van der Waals surface area contributed by atoms with Crippen molar-refractivity contribution in [2.45, 2.75) is 0 Å². The minimum absolute atomic E-state index is 0.933. The largest absolute Gasteiger partial charge is 0.344 e. The fraction of sp³-hybridized carbons (Fsp3) is 0.0333. The Kier molecular flexibility index (Phi) is 3.76. The number of para-hydroxylation sites is 3. The molecule has 7 rings (SSSR count). The maximum atomic E-state index is 4.78. The Bertz CT molecular complexity index is 1780. The third-order valence-electron chi connectivity index (χ3n) is 6.80. The molecule has 0 aliphatic heterocycles. The zero-order valence-corrected chi connectivity index (χ0v) is 18.2. The maximum Gasteiger partial charge on any atom is 0.138 e. The maximum absolute atomic E-state index is 4.78. The van der Waals surface area contributed by atoms with Crippen LogP contribution < -0.4 is 0 Å². The fourth-order valence-corrected chi connectivity index (χ4v) is 5.24. The molecule has 3 nitrogen and oxygen atoms in total. The number of benzene rings is 4. The van der Waals surface area contributed by atoms with Gasteiger partial charge in [-0.25, -0.2) is 4.98 Å². The van der Waals surface area contributed by atoms with Crippen molar-refractivity contribution in [3.05, 3.63) is 109 Å². The van der Waals surface area contributed by atoms with Crippen LogP contribution in [0.15, 0.2) is 109 Å². The van der Waals surface area contributed by atoms with Gasteiger partial charge in [-0.1, -0.05) is 60.7 Å². The van der Waals surface area contributed by atoms with E-state index in [4.69, 9.17) is 4.98 Å². The molecule has 0 unspecified atom stereocenters. The number of pyridine rings is 1. The van der Waals surface area contributed by atoms with Gasteiger partial charge in [-0.3, -0.25) is 4.57 Å². The summed E-state index contributed by atoms with van der Waals surface area (Å²) in [4.78, 5) is 4.78. The van der Waals surface area contributed by atoms with Crippen molar-refractivity contribution < 1.29 is 0 Å². The summed E-state index contributed by atoms with van der Waals surface area (Å²) in [6.45, 7) is 0. The fourth-order valence-electron chi connectivity index (χ4n) is 5.24. The third-order valence-corrected chi connectivity index (χ3v) is 6.80. The van der Waals surface area contributed by atoms with E-state index in [0.29, 0.717) is 0 Å². The Morgan fingerprint density at radius 3 is 1.76 bits per heavy atom. The van der Waals surface area contributed by atoms with Crippen molar-refractivity contribution in [1.82, 2.24) is 14.1 Å². The van der Waals surface area contributed by atoms with Gasteiger partial charge in [0.1, 0.15) is 5.82 Å². The molecule has 0 atom stereocenters. The van der Waals surface area contributed by atoms with Crippen LogP contribution in [0.2, 0.25) is 0 Å². The van der Waals surface area contributed by atoms with Crippen LogP contribution in [0.5, 0.6) is 0 Å². The Morgan fingerprint density at radius 2 is 1.06 bits per heavy atom. The molecule has 0 bridgehead atoms. The van der Waals surface area contributed by atoms with E-state index in [1.54, 1.807) is 0 Å². The van der Waals surface area contributed by atoms with Crippen molar-refractivity contribution in [2.75, 3.05) is 0 Å². The first-order valence-electron chi connectivity index (χ1n) is 11.2. The lowest BCUT2D eigenvalue weighted by molar-refractivity contribution is 1.01. The lowest BCUT2D eigenvalue weighted by atomic mass is 10.0. The molecule has 7 aromatic rings. The minimum Gasteiger partial charge on any atom is -0.344 e. The van der Waals surface area contributed by atoms with E-state index < -0.39 is 0 Å². The van der Waals surface area contributed by atoms with Crippen LogP contribution in [0.1, 0.15) is 0 Å². The standard InChI is InChI=1S/C30H21N3/c1-32-26-11-5-2-10-24(26)25-18-20(14-15-27(25)32)21-16-17-31-30(19-21)33-28-12-6-3-8-22(28)23-9-4-7-13-29(23)33/h2-19H,1H3. The van der Waals surface area contributed by atoms with Gasteiger partial charge < -0.3 is 4.57 Å². The predicted octanol–water partition coefficient (Wildman–Crippen LogP) is 7.49. The summed E-state index contributed by atoms with van der Waals surface area (Å²) in [7, 11) is 2.14. The van der Waals surface area contributed by atoms with Gasteiger partial charge >= 0.3 is 0 Å². The molecule has 0 amide bonds. The second kappa shape index (κ2) is 6.81. The van der Waals surface area contributed by atoms with E-state index in [0.717, 1.165) is 11.4 Å². The van der Waals surface area contributed by atoms with Crippen molar-refractivity contribution >= 4 is 43.6 Å². The number of hydrogen-bond acceptors (Lipinski definition) is 1. The second-order valence-electron chi connectivity index (χ2n) is 8.58. The van der Waals surface area contributed by atoms with Gasteiger partial charge in [-0.2, -0.15) is 0 Å². The molecule has 3 heterocycles. The molecule has 0 spiro atoms. The van der Waals surface area contributed by atoms with E-state index in [2.05, 4.69) is 119 Å². The molecular weight excluding hydrogens is 402 g/mol.